The fourth-order valence-corrected chi connectivity index (χ4v) is 1.49. The SMILES string of the molecule is CC(C)Nc1cc(NCc2cc[nH]c2)ncn1. The molecule has 2 heterocycles. The molecule has 0 saturated carbocycles. The van der Waals surface area contributed by atoms with Crippen molar-refractivity contribution in [2.75, 3.05) is 10.6 Å². The van der Waals surface area contributed by atoms with Crippen molar-refractivity contribution in [1.29, 1.82) is 0 Å². The Kier molecular flexibility index (Phi) is 3.59. The molecule has 0 unspecified atom stereocenters. The summed E-state index contributed by atoms with van der Waals surface area (Å²) in [5.74, 6) is 1.66. The lowest BCUT2D eigenvalue weighted by atomic mass is 10.3. The van der Waals surface area contributed by atoms with E-state index in [0.717, 1.165) is 18.2 Å². The average molecular weight is 231 g/mol. The van der Waals surface area contributed by atoms with Gasteiger partial charge in [-0.05, 0) is 25.5 Å². The number of aromatic amines is 1. The van der Waals surface area contributed by atoms with E-state index in [1.54, 1.807) is 6.33 Å². The summed E-state index contributed by atoms with van der Waals surface area (Å²) in [6.45, 7) is 4.91. The van der Waals surface area contributed by atoms with E-state index in [2.05, 4.69) is 39.4 Å². The minimum Gasteiger partial charge on any atom is -0.368 e. The maximum absolute atomic E-state index is 4.17. The van der Waals surface area contributed by atoms with Crippen LogP contribution < -0.4 is 10.6 Å². The van der Waals surface area contributed by atoms with E-state index >= 15 is 0 Å². The lowest BCUT2D eigenvalue weighted by molar-refractivity contribution is 0.886. The van der Waals surface area contributed by atoms with Gasteiger partial charge in [0.1, 0.15) is 18.0 Å². The molecule has 5 heteroatoms. The zero-order valence-electron chi connectivity index (χ0n) is 10.1. The molecule has 0 aromatic carbocycles. The third-order valence-corrected chi connectivity index (χ3v) is 2.24. The van der Waals surface area contributed by atoms with Gasteiger partial charge in [-0.15, -0.1) is 0 Å². The fourth-order valence-electron chi connectivity index (χ4n) is 1.49. The predicted molar refractivity (Wildman–Crippen MR) is 68.9 cm³/mol. The molecular formula is C12H17N5. The summed E-state index contributed by atoms with van der Waals surface area (Å²) in [6, 6.07) is 4.30. The summed E-state index contributed by atoms with van der Waals surface area (Å²) in [4.78, 5) is 11.3. The summed E-state index contributed by atoms with van der Waals surface area (Å²) < 4.78 is 0. The molecule has 3 N–H and O–H groups in total. The van der Waals surface area contributed by atoms with Crippen molar-refractivity contribution in [2.24, 2.45) is 0 Å². The van der Waals surface area contributed by atoms with E-state index in [1.165, 1.54) is 5.56 Å². The molecule has 2 aromatic rings. The monoisotopic (exact) mass is 231 g/mol. The van der Waals surface area contributed by atoms with Crippen molar-refractivity contribution in [3.63, 3.8) is 0 Å². The van der Waals surface area contributed by atoms with Gasteiger partial charge in [0.25, 0.3) is 0 Å². The molecule has 2 rings (SSSR count). The van der Waals surface area contributed by atoms with E-state index in [0.29, 0.717) is 6.04 Å². The van der Waals surface area contributed by atoms with Crippen molar-refractivity contribution >= 4 is 11.6 Å². The molecule has 0 bridgehead atoms. The Balaban J connectivity index is 1.96. The smallest absolute Gasteiger partial charge is 0.131 e. The summed E-state index contributed by atoms with van der Waals surface area (Å²) in [5, 5.41) is 6.49. The van der Waals surface area contributed by atoms with Crippen molar-refractivity contribution in [3.05, 3.63) is 36.4 Å². The second kappa shape index (κ2) is 5.34. The van der Waals surface area contributed by atoms with Crippen LogP contribution in [0, 0.1) is 0 Å². The molecule has 0 fully saturated rings. The first-order valence-electron chi connectivity index (χ1n) is 5.68. The molecule has 90 valence electrons. The van der Waals surface area contributed by atoms with Gasteiger partial charge in [0, 0.05) is 31.0 Å². The van der Waals surface area contributed by atoms with Crippen LogP contribution in [0.2, 0.25) is 0 Å². The Morgan fingerprint density at radius 1 is 1.29 bits per heavy atom. The average Bonchev–Trinajstić information content (AvgIpc) is 2.79. The highest BCUT2D eigenvalue weighted by molar-refractivity contribution is 5.47. The zero-order chi connectivity index (χ0) is 12.1. The van der Waals surface area contributed by atoms with E-state index in [4.69, 9.17) is 0 Å². The van der Waals surface area contributed by atoms with Gasteiger partial charge >= 0.3 is 0 Å². The van der Waals surface area contributed by atoms with Crippen molar-refractivity contribution < 1.29 is 0 Å². The Bertz CT molecular complexity index is 450. The second-order valence-corrected chi connectivity index (χ2v) is 4.16. The van der Waals surface area contributed by atoms with Crippen LogP contribution in [0.1, 0.15) is 19.4 Å². The molecule has 0 spiro atoms. The van der Waals surface area contributed by atoms with Gasteiger partial charge in [0.15, 0.2) is 0 Å². The molecule has 0 radical (unpaired) electrons. The number of anilines is 2. The number of hydrogen-bond donors (Lipinski definition) is 3. The van der Waals surface area contributed by atoms with E-state index < -0.39 is 0 Å². The third-order valence-electron chi connectivity index (χ3n) is 2.24. The van der Waals surface area contributed by atoms with Gasteiger partial charge in [0.05, 0.1) is 0 Å². The van der Waals surface area contributed by atoms with Crippen LogP contribution in [-0.4, -0.2) is 21.0 Å². The third kappa shape index (κ3) is 3.48. The van der Waals surface area contributed by atoms with Crippen LogP contribution in [0.3, 0.4) is 0 Å². The first kappa shape index (κ1) is 11.4. The molecule has 0 aliphatic rings. The van der Waals surface area contributed by atoms with E-state index in [-0.39, 0.29) is 0 Å². The summed E-state index contributed by atoms with van der Waals surface area (Å²) >= 11 is 0. The van der Waals surface area contributed by atoms with Crippen LogP contribution in [-0.2, 0) is 6.54 Å². The van der Waals surface area contributed by atoms with Gasteiger partial charge in [-0.2, -0.15) is 0 Å². The normalized spacial score (nSPS) is 10.5. The molecule has 5 nitrogen and oxygen atoms in total. The van der Waals surface area contributed by atoms with E-state index in [1.807, 2.05) is 24.5 Å². The predicted octanol–water partition coefficient (Wildman–Crippen LogP) is 2.24. The Labute approximate surface area is 101 Å². The summed E-state index contributed by atoms with van der Waals surface area (Å²) in [6.07, 6.45) is 5.42. The Morgan fingerprint density at radius 3 is 2.82 bits per heavy atom. The molecule has 2 aromatic heterocycles. The molecule has 0 aliphatic heterocycles. The van der Waals surface area contributed by atoms with Crippen LogP contribution >= 0.6 is 0 Å². The minimum absolute atomic E-state index is 0.363. The van der Waals surface area contributed by atoms with Crippen molar-refractivity contribution in [2.45, 2.75) is 26.4 Å². The number of hydrogen-bond acceptors (Lipinski definition) is 4. The number of nitrogens with zero attached hydrogens (tertiary/aromatic N) is 2. The molecular weight excluding hydrogens is 214 g/mol. The first-order chi connectivity index (χ1) is 8.24. The molecule has 17 heavy (non-hydrogen) atoms. The highest BCUT2D eigenvalue weighted by Crippen LogP contribution is 2.10. The summed E-state index contributed by atoms with van der Waals surface area (Å²) in [7, 11) is 0. The van der Waals surface area contributed by atoms with Gasteiger partial charge in [0.2, 0.25) is 0 Å². The van der Waals surface area contributed by atoms with Gasteiger partial charge in [-0.3, -0.25) is 0 Å². The minimum atomic E-state index is 0.363. The largest absolute Gasteiger partial charge is 0.368 e. The maximum atomic E-state index is 4.17. The quantitative estimate of drug-likeness (QED) is 0.738. The Morgan fingerprint density at radius 2 is 2.12 bits per heavy atom. The first-order valence-corrected chi connectivity index (χ1v) is 5.68. The maximum Gasteiger partial charge on any atom is 0.131 e. The van der Waals surface area contributed by atoms with Gasteiger partial charge < -0.3 is 15.6 Å². The van der Waals surface area contributed by atoms with Crippen LogP contribution in [0.5, 0.6) is 0 Å². The number of nitrogens with one attached hydrogen (secondary N) is 3. The standard InChI is InChI=1S/C12H17N5/c1-9(2)17-12-5-11(15-8-16-12)14-7-10-3-4-13-6-10/h3-6,8-9,13H,7H2,1-2H3,(H2,14,15,16,17). The van der Waals surface area contributed by atoms with Crippen molar-refractivity contribution in [3.8, 4) is 0 Å². The number of H-pyrrole nitrogens is 1. The highest BCUT2D eigenvalue weighted by atomic mass is 15.1. The van der Waals surface area contributed by atoms with Crippen molar-refractivity contribution in [1.82, 2.24) is 15.0 Å². The lowest BCUT2D eigenvalue weighted by Crippen LogP contribution is -2.11. The van der Waals surface area contributed by atoms with Gasteiger partial charge in [-0.1, -0.05) is 0 Å². The second-order valence-electron chi connectivity index (χ2n) is 4.16. The number of rotatable bonds is 5. The lowest BCUT2D eigenvalue weighted by Gasteiger charge is -2.10. The molecule has 0 saturated heterocycles. The van der Waals surface area contributed by atoms with Crippen LogP contribution in [0.4, 0.5) is 11.6 Å². The molecule has 0 aliphatic carbocycles. The highest BCUT2D eigenvalue weighted by Gasteiger charge is 2.00. The van der Waals surface area contributed by atoms with Crippen LogP contribution in [0.15, 0.2) is 30.9 Å². The van der Waals surface area contributed by atoms with Crippen LogP contribution in [0.25, 0.3) is 0 Å². The molecule has 0 amide bonds. The fraction of sp³-hybridized carbons (Fsp3) is 0.333. The van der Waals surface area contributed by atoms with Gasteiger partial charge in [-0.25, -0.2) is 9.97 Å². The number of aromatic nitrogens is 3. The topological polar surface area (TPSA) is 65.6 Å². The summed E-state index contributed by atoms with van der Waals surface area (Å²) in [5.41, 5.74) is 1.20. The van der Waals surface area contributed by atoms with E-state index in [9.17, 15) is 0 Å². The Hall–Kier alpha value is -2.04. The zero-order valence-corrected chi connectivity index (χ0v) is 10.1. The molecule has 0 atom stereocenters.